The first kappa shape index (κ1) is 25.0. The standard InChI is InChI=1S/C42H25BN2O2/c1-3-13-26(14-4-1)44(27-15-5-2-6-16-27)28-23-35-40-38(24-28)46-37-22-12-9-19-32(37)43(40)33-25-31-29-17-8-11-21-36(29)47-42(31)39-30-18-7-10-20-34(30)45(35)41(33)39/h1-25H. The van der Waals surface area contributed by atoms with Crippen LogP contribution in [0.5, 0.6) is 11.5 Å². The fraction of sp³-hybridized carbons (Fsp3) is 0. The Morgan fingerprint density at radius 2 is 1.21 bits per heavy atom. The maximum Gasteiger partial charge on any atom is 0.256 e. The summed E-state index contributed by atoms with van der Waals surface area (Å²) in [5, 5.41) is 4.63. The van der Waals surface area contributed by atoms with Crippen LogP contribution in [-0.2, 0) is 0 Å². The molecule has 11 rings (SSSR count). The van der Waals surface area contributed by atoms with Crippen LogP contribution in [0.3, 0.4) is 0 Å². The summed E-state index contributed by atoms with van der Waals surface area (Å²) >= 11 is 0. The van der Waals surface area contributed by atoms with Crippen LogP contribution in [-0.4, -0.2) is 11.3 Å². The third-order valence-electron chi connectivity index (χ3n) is 9.99. The number of nitrogens with zero attached hydrogens (tertiary/aromatic N) is 2. The Morgan fingerprint density at radius 1 is 0.532 bits per heavy atom. The zero-order chi connectivity index (χ0) is 30.6. The van der Waals surface area contributed by atoms with E-state index in [4.69, 9.17) is 9.15 Å². The summed E-state index contributed by atoms with van der Waals surface area (Å²) in [6.45, 7) is -0.00160. The maximum atomic E-state index is 6.87. The number of para-hydroxylation sites is 5. The third kappa shape index (κ3) is 3.32. The third-order valence-corrected chi connectivity index (χ3v) is 9.99. The van der Waals surface area contributed by atoms with Gasteiger partial charge in [0.05, 0.1) is 22.1 Å². The predicted molar refractivity (Wildman–Crippen MR) is 194 cm³/mol. The number of ether oxygens (including phenoxy) is 1. The summed E-state index contributed by atoms with van der Waals surface area (Å²) in [4.78, 5) is 2.32. The average molecular weight is 600 g/mol. The highest BCUT2D eigenvalue weighted by atomic mass is 16.5. The van der Waals surface area contributed by atoms with Crippen molar-refractivity contribution in [3.63, 3.8) is 0 Å². The highest BCUT2D eigenvalue weighted by Crippen LogP contribution is 2.45. The lowest BCUT2D eigenvalue weighted by atomic mass is 9.34. The van der Waals surface area contributed by atoms with E-state index in [9.17, 15) is 0 Å². The summed E-state index contributed by atoms with van der Waals surface area (Å²) < 4.78 is 16.0. The number of anilines is 3. The van der Waals surface area contributed by atoms with E-state index in [0.717, 1.165) is 67.1 Å². The molecule has 0 amide bonds. The van der Waals surface area contributed by atoms with E-state index in [2.05, 4.69) is 155 Å². The van der Waals surface area contributed by atoms with Gasteiger partial charge in [-0.3, -0.25) is 0 Å². The monoisotopic (exact) mass is 600 g/mol. The second kappa shape index (κ2) is 9.18. The minimum atomic E-state index is -0.00160. The minimum absolute atomic E-state index is 0.00160. The molecule has 4 nitrogen and oxygen atoms in total. The molecule has 0 bridgehead atoms. The molecular weight excluding hydrogens is 575 g/mol. The smallest absolute Gasteiger partial charge is 0.256 e. The molecule has 0 unspecified atom stereocenters. The van der Waals surface area contributed by atoms with Crippen molar-refractivity contribution in [3.05, 3.63) is 152 Å². The molecule has 2 aromatic heterocycles. The van der Waals surface area contributed by atoms with Crippen LogP contribution in [0.15, 0.2) is 156 Å². The molecule has 0 fully saturated rings. The molecule has 4 heterocycles. The van der Waals surface area contributed by atoms with E-state index in [-0.39, 0.29) is 6.71 Å². The van der Waals surface area contributed by atoms with Crippen molar-refractivity contribution in [2.45, 2.75) is 0 Å². The Bertz CT molecular complexity index is 2690. The molecule has 2 aliphatic heterocycles. The molecule has 0 saturated heterocycles. The number of hydrogen-bond donors (Lipinski definition) is 0. The van der Waals surface area contributed by atoms with Crippen LogP contribution in [0.1, 0.15) is 0 Å². The van der Waals surface area contributed by atoms with Crippen LogP contribution in [0.4, 0.5) is 17.1 Å². The Morgan fingerprint density at radius 3 is 2.02 bits per heavy atom. The number of fused-ring (bicyclic) bond motifs is 11. The molecule has 7 aromatic carbocycles. The molecule has 5 heteroatoms. The summed E-state index contributed by atoms with van der Waals surface area (Å²) in [5.74, 6) is 1.78. The normalized spacial score (nSPS) is 12.8. The van der Waals surface area contributed by atoms with Gasteiger partial charge in [-0.15, -0.1) is 0 Å². The quantitative estimate of drug-likeness (QED) is 0.190. The van der Waals surface area contributed by atoms with Gasteiger partial charge < -0.3 is 18.6 Å². The number of furan rings is 1. The lowest BCUT2D eigenvalue weighted by Crippen LogP contribution is -2.58. The molecule has 218 valence electrons. The van der Waals surface area contributed by atoms with Gasteiger partial charge in [0.1, 0.15) is 22.7 Å². The van der Waals surface area contributed by atoms with Crippen LogP contribution in [0, 0.1) is 0 Å². The number of benzene rings is 7. The lowest BCUT2D eigenvalue weighted by Gasteiger charge is -2.35. The van der Waals surface area contributed by atoms with E-state index in [1.165, 1.54) is 27.3 Å². The van der Waals surface area contributed by atoms with Gasteiger partial charge >= 0.3 is 0 Å². The van der Waals surface area contributed by atoms with Gasteiger partial charge in [-0.05, 0) is 64.9 Å². The van der Waals surface area contributed by atoms with Gasteiger partial charge in [-0.25, -0.2) is 0 Å². The van der Waals surface area contributed by atoms with Crippen molar-refractivity contribution >= 4 is 83.9 Å². The first-order chi connectivity index (χ1) is 23.3. The number of hydrogen-bond acceptors (Lipinski definition) is 3. The Kier molecular flexibility index (Phi) is 4.89. The van der Waals surface area contributed by atoms with Gasteiger partial charge in [0.15, 0.2) is 0 Å². The highest BCUT2D eigenvalue weighted by Gasteiger charge is 2.42. The molecule has 0 atom stereocenters. The van der Waals surface area contributed by atoms with Crippen LogP contribution in [0.25, 0.3) is 49.4 Å². The van der Waals surface area contributed by atoms with Gasteiger partial charge in [0, 0.05) is 39.3 Å². The van der Waals surface area contributed by atoms with Crippen molar-refractivity contribution in [2.75, 3.05) is 4.90 Å². The Balaban J connectivity index is 1.32. The van der Waals surface area contributed by atoms with Gasteiger partial charge in [0.25, 0.3) is 6.71 Å². The average Bonchev–Trinajstić information content (AvgIpc) is 3.67. The van der Waals surface area contributed by atoms with E-state index in [1.54, 1.807) is 0 Å². The first-order valence-corrected chi connectivity index (χ1v) is 16.1. The second-order valence-corrected chi connectivity index (χ2v) is 12.5. The van der Waals surface area contributed by atoms with Crippen molar-refractivity contribution in [2.24, 2.45) is 0 Å². The van der Waals surface area contributed by atoms with Gasteiger partial charge in [-0.1, -0.05) is 97.1 Å². The summed E-state index contributed by atoms with van der Waals surface area (Å²) in [6.07, 6.45) is 0. The second-order valence-electron chi connectivity index (χ2n) is 12.5. The minimum Gasteiger partial charge on any atom is -0.458 e. The first-order valence-electron chi connectivity index (χ1n) is 16.1. The zero-order valence-electron chi connectivity index (χ0n) is 25.2. The molecule has 0 aliphatic carbocycles. The van der Waals surface area contributed by atoms with Crippen LogP contribution >= 0.6 is 0 Å². The van der Waals surface area contributed by atoms with Crippen LogP contribution in [0.2, 0.25) is 0 Å². The van der Waals surface area contributed by atoms with Crippen molar-refractivity contribution in [3.8, 4) is 17.2 Å². The molecule has 0 saturated carbocycles. The molecule has 0 N–H and O–H groups in total. The predicted octanol–water partition coefficient (Wildman–Crippen LogP) is 9.09. The summed E-state index contributed by atoms with van der Waals surface area (Å²) in [7, 11) is 0. The lowest BCUT2D eigenvalue weighted by molar-refractivity contribution is 0.487. The molecule has 2 aliphatic rings. The molecule has 0 radical (unpaired) electrons. The maximum absolute atomic E-state index is 6.87. The molecule has 0 spiro atoms. The van der Waals surface area contributed by atoms with Crippen molar-refractivity contribution < 1.29 is 9.15 Å². The van der Waals surface area contributed by atoms with E-state index in [1.807, 2.05) is 6.07 Å². The SMILES string of the molecule is c1ccc(N(c2ccccc2)c2cc3c4c(c2)-n2c5ccccc5c5c6oc7ccccc7c6cc(c52)B4c2ccccc2O3)cc1. The van der Waals surface area contributed by atoms with Gasteiger partial charge in [0.2, 0.25) is 0 Å². The number of rotatable bonds is 3. The Labute approximate surface area is 270 Å². The van der Waals surface area contributed by atoms with E-state index >= 15 is 0 Å². The topological polar surface area (TPSA) is 30.5 Å². The fourth-order valence-electron chi connectivity index (χ4n) is 8.13. The number of aromatic nitrogens is 1. The van der Waals surface area contributed by atoms with E-state index in [0.29, 0.717) is 0 Å². The fourth-order valence-corrected chi connectivity index (χ4v) is 8.13. The Hall–Kier alpha value is -6.20. The van der Waals surface area contributed by atoms with E-state index < -0.39 is 0 Å². The highest BCUT2D eigenvalue weighted by molar-refractivity contribution is 6.99. The summed E-state index contributed by atoms with van der Waals surface area (Å²) in [6, 6.07) is 53.7. The van der Waals surface area contributed by atoms with Crippen molar-refractivity contribution in [1.29, 1.82) is 0 Å². The molecule has 47 heavy (non-hydrogen) atoms. The zero-order valence-corrected chi connectivity index (χ0v) is 25.2. The van der Waals surface area contributed by atoms with Gasteiger partial charge in [-0.2, -0.15) is 0 Å². The summed E-state index contributed by atoms with van der Waals surface area (Å²) in [5.41, 5.74) is 12.2. The van der Waals surface area contributed by atoms with Crippen LogP contribution < -0.4 is 26.0 Å². The molecular formula is C42H25BN2O2. The molecule has 9 aromatic rings. The van der Waals surface area contributed by atoms with Crippen molar-refractivity contribution in [1.82, 2.24) is 4.57 Å². The largest absolute Gasteiger partial charge is 0.458 e.